The molecule has 1 fully saturated rings. The molecule has 1 heterocycles. The molecule has 2 N–H and O–H groups in total. The van der Waals surface area contributed by atoms with E-state index in [0.717, 1.165) is 0 Å². The van der Waals surface area contributed by atoms with Crippen LogP contribution in [-0.2, 0) is 14.4 Å². The molecule has 0 saturated heterocycles. The van der Waals surface area contributed by atoms with Crippen molar-refractivity contribution in [1.29, 1.82) is 0 Å². The summed E-state index contributed by atoms with van der Waals surface area (Å²) in [5.74, 6) is -1.34. The van der Waals surface area contributed by atoms with Gasteiger partial charge in [-0.25, -0.2) is 0 Å². The van der Waals surface area contributed by atoms with Crippen molar-refractivity contribution in [1.82, 2.24) is 0 Å². The van der Waals surface area contributed by atoms with Crippen molar-refractivity contribution in [3.8, 4) is 5.75 Å². The van der Waals surface area contributed by atoms with E-state index in [1.807, 2.05) is 0 Å². The molecule has 0 atom stereocenters. The summed E-state index contributed by atoms with van der Waals surface area (Å²) in [4.78, 5) is 38.0. The van der Waals surface area contributed by atoms with Crippen molar-refractivity contribution in [2.45, 2.75) is 27.7 Å². The number of aliphatic carboxylic acids is 1. The molecule has 1 aliphatic carbocycles. The monoisotopic (exact) mass is 346 g/mol. The maximum Gasteiger partial charge on any atom is 0.320 e. The fourth-order valence-corrected chi connectivity index (χ4v) is 4.09. The van der Waals surface area contributed by atoms with E-state index in [1.54, 1.807) is 52.9 Å². The molecule has 7 nitrogen and oxygen atoms in total. The first-order chi connectivity index (χ1) is 11.5. The summed E-state index contributed by atoms with van der Waals surface area (Å²) in [7, 11) is 1.63. The van der Waals surface area contributed by atoms with E-state index in [9.17, 15) is 19.5 Å². The van der Waals surface area contributed by atoms with Gasteiger partial charge >= 0.3 is 5.97 Å². The third-order valence-corrected chi connectivity index (χ3v) is 6.34. The number of fused-ring (bicyclic) bond motifs is 1. The molecule has 0 unspecified atom stereocenters. The first-order valence-electron chi connectivity index (χ1n) is 8.06. The number of nitrogens with zero attached hydrogens (tertiary/aromatic N) is 1. The Labute approximate surface area is 146 Å². The van der Waals surface area contributed by atoms with Crippen LogP contribution in [0.4, 0.5) is 11.4 Å². The van der Waals surface area contributed by atoms with Gasteiger partial charge in [-0.05, 0) is 29.0 Å². The van der Waals surface area contributed by atoms with E-state index >= 15 is 0 Å². The highest BCUT2D eigenvalue weighted by Crippen LogP contribution is 2.78. The van der Waals surface area contributed by atoms with Crippen molar-refractivity contribution in [3.05, 3.63) is 18.2 Å². The highest BCUT2D eigenvalue weighted by Gasteiger charge is 2.85. The molecule has 2 amide bonds. The van der Waals surface area contributed by atoms with Crippen molar-refractivity contribution in [3.63, 3.8) is 0 Å². The van der Waals surface area contributed by atoms with Gasteiger partial charge in [0.25, 0.3) is 5.91 Å². The lowest BCUT2D eigenvalue weighted by molar-refractivity contribution is -0.150. The molecule has 1 aromatic carbocycles. The van der Waals surface area contributed by atoms with E-state index < -0.39 is 28.1 Å². The molecule has 25 heavy (non-hydrogen) atoms. The average Bonchev–Trinajstić information content (AvgIpc) is 2.89. The Balaban J connectivity index is 1.92. The molecule has 0 radical (unpaired) electrons. The van der Waals surface area contributed by atoms with Crippen LogP contribution >= 0.6 is 0 Å². The summed E-state index contributed by atoms with van der Waals surface area (Å²) < 4.78 is 5.35. The van der Waals surface area contributed by atoms with Gasteiger partial charge in [0.1, 0.15) is 5.75 Å². The predicted octanol–water partition coefficient (Wildman–Crippen LogP) is 2.12. The van der Waals surface area contributed by atoms with Crippen molar-refractivity contribution in [2.75, 3.05) is 23.9 Å². The van der Waals surface area contributed by atoms with Gasteiger partial charge < -0.3 is 20.1 Å². The zero-order valence-corrected chi connectivity index (χ0v) is 15.0. The molecule has 1 aromatic rings. The van der Waals surface area contributed by atoms with Crippen molar-refractivity contribution >= 4 is 29.2 Å². The van der Waals surface area contributed by atoms with E-state index in [2.05, 4.69) is 5.32 Å². The molecule has 3 rings (SSSR count). The van der Waals surface area contributed by atoms with E-state index in [4.69, 9.17) is 4.74 Å². The molecule has 134 valence electrons. The van der Waals surface area contributed by atoms with Gasteiger partial charge in [0.2, 0.25) is 5.91 Å². The molecule has 0 spiro atoms. The summed E-state index contributed by atoms with van der Waals surface area (Å²) >= 11 is 0. The minimum atomic E-state index is -1.51. The molecule has 0 aromatic heterocycles. The fraction of sp³-hybridized carbons (Fsp3) is 0.500. The van der Waals surface area contributed by atoms with Crippen LogP contribution in [0.5, 0.6) is 5.75 Å². The standard InChI is InChI=1S/C18H22N2O5/c1-16(2)17(3,4)18(16,15(23)24)14(22)19-10-6-7-12-11(8-10)20(5)13(21)9-25-12/h6-8H,9H2,1-5H3,(H,19,22)(H,23,24). The smallest absolute Gasteiger partial charge is 0.320 e. The number of ether oxygens (including phenoxy) is 1. The van der Waals surface area contributed by atoms with E-state index in [0.29, 0.717) is 17.1 Å². The van der Waals surface area contributed by atoms with Gasteiger partial charge in [0, 0.05) is 12.7 Å². The van der Waals surface area contributed by atoms with Crippen LogP contribution < -0.4 is 15.0 Å². The fourth-order valence-electron chi connectivity index (χ4n) is 4.09. The predicted molar refractivity (Wildman–Crippen MR) is 91.6 cm³/mol. The number of amides is 2. The third kappa shape index (κ3) is 1.95. The van der Waals surface area contributed by atoms with Crippen LogP contribution in [0, 0.1) is 16.2 Å². The Kier molecular flexibility index (Phi) is 3.43. The van der Waals surface area contributed by atoms with Crippen LogP contribution in [0.2, 0.25) is 0 Å². The second kappa shape index (κ2) is 4.97. The number of hydrogen-bond acceptors (Lipinski definition) is 4. The van der Waals surface area contributed by atoms with Gasteiger partial charge in [-0.15, -0.1) is 0 Å². The quantitative estimate of drug-likeness (QED) is 0.817. The number of rotatable bonds is 3. The molecular formula is C18H22N2O5. The summed E-state index contributed by atoms with van der Waals surface area (Å²) in [5, 5.41) is 12.5. The molecule has 1 saturated carbocycles. The summed E-state index contributed by atoms with van der Waals surface area (Å²) in [6.07, 6.45) is 0. The van der Waals surface area contributed by atoms with E-state index in [1.165, 1.54) is 4.90 Å². The van der Waals surface area contributed by atoms with Crippen molar-refractivity contribution in [2.24, 2.45) is 16.2 Å². The van der Waals surface area contributed by atoms with Gasteiger partial charge in [-0.2, -0.15) is 0 Å². The number of carboxylic acids is 1. The number of benzene rings is 1. The SMILES string of the molecule is CN1C(=O)COc2ccc(NC(=O)C3(C(=O)O)C(C)(C)C3(C)C)cc21. The van der Waals surface area contributed by atoms with E-state index in [-0.39, 0.29) is 12.5 Å². The zero-order valence-electron chi connectivity index (χ0n) is 15.0. The second-order valence-electron chi connectivity index (χ2n) is 7.68. The maximum atomic E-state index is 12.9. The lowest BCUT2D eigenvalue weighted by Gasteiger charge is -2.26. The number of anilines is 2. The Hall–Kier alpha value is -2.57. The first kappa shape index (κ1) is 17.3. The first-order valence-corrected chi connectivity index (χ1v) is 8.06. The van der Waals surface area contributed by atoms with Gasteiger partial charge in [-0.1, -0.05) is 27.7 Å². The number of carbonyl (C=O) groups excluding carboxylic acids is 2. The Morgan fingerprint density at radius 2 is 1.80 bits per heavy atom. The molecule has 0 bridgehead atoms. The highest BCUT2D eigenvalue weighted by atomic mass is 16.5. The second-order valence-corrected chi connectivity index (χ2v) is 7.68. The summed E-state index contributed by atoms with van der Waals surface area (Å²) in [6.45, 7) is 7.11. The Bertz CT molecular complexity index is 783. The summed E-state index contributed by atoms with van der Waals surface area (Å²) in [5.41, 5.74) is -1.91. The molecular weight excluding hydrogens is 324 g/mol. The Morgan fingerprint density at radius 1 is 1.20 bits per heavy atom. The topological polar surface area (TPSA) is 95.9 Å². The lowest BCUT2D eigenvalue weighted by atomic mass is 9.93. The largest absolute Gasteiger partial charge is 0.482 e. The number of likely N-dealkylation sites (N-methyl/N-ethyl adjacent to an activating group) is 1. The maximum absolute atomic E-state index is 12.9. The number of nitrogens with one attached hydrogen (secondary N) is 1. The number of hydrogen-bond donors (Lipinski definition) is 2. The van der Waals surface area contributed by atoms with Crippen LogP contribution in [-0.4, -0.2) is 36.5 Å². The van der Waals surface area contributed by atoms with Gasteiger partial charge in [0.15, 0.2) is 12.0 Å². The zero-order chi connectivity index (χ0) is 18.8. The lowest BCUT2D eigenvalue weighted by Crippen LogP contribution is -2.37. The van der Waals surface area contributed by atoms with Crippen LogP contribution in [0.1, 0.15) is 27.7 Å². The third-order valence-electron chi connectivity index (χ3n) is 6.34. The van der Waals surface area contributed by atoms with Crippen molar-refractivity contribution < 1.29 is 24.2 Å². The van der Waals surface area contributed by atoms with Gasteiger partial charge in [0.05, 0.1) is 5.69 Å². The molecule has 7 heteroatoms. The highest BCUT2D eigenvalue weighted by molar-refractivity contribution is 6.14. The minimum Gasteiger partial charge on any atom is -0.482 e. The Morgan fingerprint density at radius 3 is 2.32 bits per heavy atom. The van der Waals surface area contributed by atoms with Crippen LogP contribution in [0.15, 0.2) is 18.2 Å². The van der Waals surface area contributed by atoms with Crippen LogP contribution in [0.25, 0.3) is 0 Å². The number of carboxylic acid groups (broad SMARTS) is 1. The molecule has 2 aliphatic rings. The summed E-state index contributed by atoms with van der Waals surface area (Å²) in [6, 6.07) is 4.91. The molecule has 1 aliphatic heterocycles. The minimum absolute atomic E-state index is 0.0281. The van der Waals surface area contributed by atoms with Crippen LogP contribution in [0.3, 0.4) is 0 Å². The van der Waals surface area contributed by atoms with Gasteiger partial charge in [-0.3, -0.25) is 14.4 Å². The average molecular weight is 346 g/mol. The normalized spacial score (nSPS) is 21.8. The number of carbonyl (C=O) groups is 3.